The van der Waals surface area contributed by atoms with Crippen LogP contribution in [-0.2, 0) is 34.4 Å². The number of primary amides is 1. The van der Waals surface area contributed by atoms with Gasteiger partial charge in [-0.15, -0.1) is 11.8 Å². The van der Waals surface area contributed by atoms with Crippen LogP contribution < -0.4 is 28.0 Å². The highest BCUT2D eigenvalue weighted by Crippen LogP contribution is 2.51. The number of nitrogens with zero attached hydrogens (tertiary/aromatic N) is 3. The van der Waals surface area contributed by atoms with E-state index in [1.54, 1.807) is 18.7 Å². The average Bonchev–Trinajstić information content (AvgIpc) is 3.37. The van der Waals surface area contributed by atoms with E-state index in [0.29, 0.717) is 6.04 Å². The van der Waals surface area contributed by atoms with Crippen LogP contribution >= 0.6 is 11.8 Å². The monoisotopic (exact) mass is 513 g/mol. The summed E-state index contributed by atoms with van der Waals surface area (Å²) in [7, 11) is 1.89. The lowest BCUT2D eigenvalue weighted by atomic mass is 9.79. The lowest BCUT2D eigenvalue weighted by molar-refractivity contribution is -0.697. The van der Waals surface area contributed by atoms with Gasteiger partial charge in [0.1, 0.15) is 11.9 Å². The van der Waals surface area contributed by atoms with Crippen molar-refractivity contribution in [3.8, 4) is 0 Å². The number of carboxylic acids is 1. The summed E-state index contributed by atoms with van der Waals surface area (Å²) in [6.07, 6.45) is 5.10. The summed E-state index contributed by atoms with van der Waals surface area (Å²) < 4.78 is 3.95. The molecule has 188 valence electrons. The number of rotatable bonds is 9. The number of aliphatic hydroxyl groups is 1. The predicted molar refractivity (Wildman–Crippen MR) is 121 cm³/mol. The number of nitrogens with two attached hydrogens (primary N) is 1. The summed E-state index contributed by atoms with van der Waals surface area (Å²) in [4.78, 5) is 37.8. The molecule has 10 nitrogen and oxygen atoms in total. The molecule has 0 radical (unpaired) electrons. The van der Waals surface area contributed by atoms with E-state index in [2.05, 4.69) is 9.88 Å². The second-order valence-electron chi connectivity index (χ2n) is 9.37. The molecular formula is C22H32ClN5O5S. The smallest absolute Gasteiger partial charge is 0.353 e. The number of aliphatic carboxylic acids is 1. The van der Waals surface area contributed by atoms with E-state index < -0.39 is 18.0 Å². The third-order valence-electron chi connectivity index (χ3n) is 6.97. The Bertz CT molecular complexity index is 1010. The number of amides is 2. The summed E-state index contributed by atoms with van der Waals surface area (Å²) in [6, 6.07) is 0.0181. The van der Waals surface area contributed by atoms with E-state index in [0.717, 1.165) is 36.5 Å². The molecule has 1 aromatic heterocycles. The predicted octanol–water partition coefficient (Wildman–Crippen LogP) is -3.65. The first-order valence-electron chi connectivity index (χ1n) is 11.3. The molecule has 3 aliphatic rings. The topological polar surface area (TPSA) is 142 Å². The number of aromatic nitrogens is 2. The van der Waals surface area contributed by atoms with Gasteiger partial charge in [-0.3, -0.25) is 9.59 Å². The lowest BCUT2D eigenvalue weighted by Crippen LogP contribution is -3.00. The first kappa shape index (κ1) is 26.5. The quantitative estimate of drug-likeness (QED) is 0.197. The fourth-order valence-corrected chi connectivity index (χ4v) is 6.86. The minimum Gasteiger partial charge on any atom is -1.00 e. The summed E-state index contributed by atoms with van der Waals surface area (Å²) >= 11 is 1.56. The molecule has 0 unspecified atom stereocenters. The van der Waals surface area contributed by atoms with Crippen molar-refractivity contribution in [3.63, 3.8) is 0 Å². The van der Waals surface area contributed by atoms with E-state index in [4.69, 9.17) is 5.73 Å². The van der Waals surface area contributed by atoms with Crippen molar-refractivity contribution in [2.24, 2.45) is 24.6 Å². The summed E-state index contributed by atoms with van der Waals surface area (Å²) in [5, 5.41) is 23.5. The molecule has 4 rings (SSSR count). The Balaban J connectivity index is 0.00000324. The van der Waals surface area contributed by atoms with Gasteiger partial charge in [0.25, 0.3) is 0 Å². The number of aryl methyl sites for hydroxylation is 2. The van der Waals surface area contributed by atoms with Crippen LogP contribution in [0.25, 0.3) is 0 Å². The minimum absolute atomic E-state index is 0. The molecule has 2 fully saturated rings. The molecule has 6 atom stereocenters. The number of carbonyl (C=O) groups is 3. The van der Waals surface area contributed by atoms with Crippen LogP contribution in [0.5, 0.6) is 0 Å². The van der Waals surface area contributed by atoms with Crippen molar-refractivity contribution in [2.75, 3.05) is 6.54 Å². The first-order valence-corrected chi connectivity index (χ1v) is 12.2. The maximum atomic E-state index is 12.5. The van der Waals surface area contributed by atoms with Gasteiger partial charge in [-0.2, -0.15) is 0 Å². The standard InChI is InChI=1S/C22H31N5O5S.ClH/c1-11-18-17(12(2)28)21(30)27(18)19(22(31)32)20(11)33-15-6-13(24-8-15)4-5-26-9-14(7-16(23)29)25(3)10-26;/h9-13,15,17-18,24,28H,4-8H2,1-3H3,(H2-,23,29,31,32);1H/t11-,12-,13-,15+,17-,18-;/m1./s1. The lowest BCUT2D eigenvalue weighted by Gasteiger charge is -2.46. The number of halogens is 1. The number of carboxylic acid groups (broad SMARTS) is 1. The van der Waals surface area contributed by atoms with E-state index in [-0.39, 0.29) is 53.5 Å². The molecule has 0 bridgehead atoms. The molecule has 2 saturated heterocycles. The maximum absolute atomic E-state index is 12.5. The van der Waals surface area contributed by atoms with Crippen LogP contribution in [0.3, 0.4) is 0 Å². The van der Waals surface area contributed by atoms with E-state index >= 15 is 0 Å². The molecule has 0 saturated carbocycles. The Kier molecular flexibility index (Phi) is 8.01. The number of hydrogen-bond donors (Lipinski definition) is 4. The third kappa shape index (κ3) is 4.84. The van der Waals surface area contributed by atoms with Gasteiger partial charge in [0, 0.05) is 35.1 Å². The van der Waals surface area contributed by atoms with Crippen LogP contribution in [0.1, 0.15) is 32.4 Å². The number of nitrogens with one attached hydrogen (secondary N) is 1. The van der Waals surface area contributed by atoms with Crippen molar-refractivity contribution < 1.29 is 41.6 Å². The molecule has 0 aliphatic carbocycles. The first-order chi connectivity index (χ1) is 15.6. The summed E-state index contributed by atoms with van der Waals surface area (Å²) in [5.74, 6) is -2.39. The van der Waals surface area contributed by atoms with E-state index in [1.807, 2.05) is 31.1 Å². The van der Waals surface area contributed by atoms with Crippen molar-refractivity contribution in [2.45, 2.75) is 63.1 Å². The second-order valence-corrected chi connectivity index (χ2v) is 10.7. The van der Waals surface area contributed by atoms with Crippen LogP contribution in [0.15, 0.2) is 23.1 Å². The van der Waals surface area contributed by atoms with Gasteiger partial charge in [0.15, 0.2) is 5.69 Å². The third-order valence-corrected chi connectivity index (χ3v) is 8.48. The molecule has 4 heterocycles. The minimum atomic E-state index is -1.08. The van der Waals surface area contributed by atoms with Gasteiger partial charge in [-0.05, 0) is 13.3 Å². The Morgan fingerprint density at radius 1 is 1.41 bits per heavy atom. The Morgan fingerprint density at radius 3 is 2.74 bits per heavy atom. The fraction of sp³-hybridized carbons (Fsp3) is 0.636. The largest absolute Gasteiger partial charge is 1.00 e. The van der Waals surface area contributed by atoms with Gasteiger partial charge < -0.3 is 38.6 Å². The molecule has 34 heavy (non-hydrogen) atoms. The number of carbonyl (C=O) groups excluding carboxylic acids is 2. The Labute approximate surface area is 209 Å². The molecule has 1 aromatic rings. The van der Waals surface area contributed by atoms with Crippen molar-refractivity contribution in [1.82, 2.24) is 14.8 Å². The van der Waals surface area contributed by atoms with Crippen molar-refractivity contribution in [3.05, 3.63) is 28.8 Å². The van der Waals surface area contributed by atoms with Crippen LogP contribution in [0, 0.1) is 11.8 Å². The number of aliphatic hydroxyl groups excluding tert-OH is 1. The molecule has 0 spiro atoms. The van der Waals surface area contributed by atoms with Gasteiger partial charge in [-0.25, -0.2) is 13.9 Å². The Hall–Kier alpha value is -2.08. The number of thioether (sulfide) groups is 1. The number of fused-ring (bicyclic) bond motifs is 1. The maximum Gasteiger partial charge on any atom is 0.353 e. The van der Waals surface area contributed by atoms with Gasteiger partial charge in [-0.1, -0.05) is 6.92 Å². The van der Waals surface area contributed by atoms with Crippen molar-refractivity contribution in [1.29, 1.82) is 0 Å². The summed E-state index contributed by atoms with van der Waals surface area (Å²) in [6.45, 7) is 5.10. The Morgan fingerprint density at radius 2 is 2.12 bits per heavy atom. The number of β-lactam (4-membered cyclic amide) rings is 1. The highest BCUT2D eigenvalue weighted by molar-refractivity contribution is 8.03. The van der Waals surface area contributed by atoms with Crippen LogP contribution in [0.2, 0.25) is 0 Å². The molecule has 0 aromatic carbocycles. The highest BCUT2D eigenvalue weighted by atomic mass is 35.5. The van der Waals surface area contributed by atoms with E-state index in [1.165, 1.54) is 4.90 Å². The van der Waals surface area contributed by atoms with Crippen molar-refractivity contribution >= 4 is 29.5 Å². The SMILES string of the molecule is C[C@@H](O)[C@H]1C(=O)N2C(C(=O)O)=C(S[C@@H]3CN[C@H](CC[n+]4cc(CC(N)=O)n(C)c4)C3)[C@H](C)[C@H]12.[Cl-]. The fourth-order valence-electron chi connectivity index (χ4n) is 5.34. The summed E-state index contributed by atoms with van der Waals surface area (Å²) in [5.41, 5.74) is 6.26. The zero-order valence-corrected chi connectivity index (χ0v) is 21.1. The zero-order valence-electron chi connectivity index (χ0n) is 19.5. The van der Waals surface area contributed by atoms with Crippen LogP contribution in [-0.4, -0.2) is 67.4 Å². The normalized spacial score (nSPS) is 29.0. The second kappa shape index (κ2) is 10.3. The number of hydrogen-bond acceptors (Lipinski definition) is 6. The van der Waals surface area contributed by atoms with Gasteiger partial charge in [0.05, 0.1) is 38.1 Å². The molecule has 12 heteroatoms. The van der Waals surface area contributed by atoms with Gasteiger partial charge >= 0.3 is 5.97 Å². The number of imidazole rings is 1. The van der Waals surface area contributed by atoms with Gasteiger partial charge in [0.2, 0.25) is 18.1 Å². The van der Waals surface area contributed by atoms with E-state index in [9.17, 15) is 24.6 Å². The molecular weight excluding hydrogens is 482 g/mol. The van der Waals surface area contributed by atoms with Crippen LogP contribution in [0.4, 0.5) is 0 Å². The zero-order chi connectivity index (χ0) is 24.0. The molecule has 2 amide bonds. The average molecular weight is 514 g/mol. The highest BCUT2D eigenvalue weighted by Gasteiger charge is 2.60. The molecule has 3 aliphatic heterocycles. The molecule has 5 N–H and O–H groups in total.